The lowest BCUT2D eigenvalue weighted by Gasteiger charge is -2.02. The molecule has 0 N–H and O–H groups in total. The quantitative estimate of drug-likeness (QED) is 0.365. The van der Waals surface area contributed by atoms with Crippen molar-refractivity contribution in [3.8, 4) is 0 Å². The van der Waals surface area contributed by atoms with Crippen molar-refractivity contribution < 1.29 is 19.1 Å². The predicted octanol–water partition coefficient (Wildman–Crippen LogP) is 1.17. The Morgan fingerprint density at radius 2 is 2.15 bits per heavy atom. The molecule has 0 radical (unpaired) electrons. The Balaban J connectivity index is 3.40. The average Bonchev–Trinajstić information content (AvgIpc) is 2.04. The van der Waals surface area contributed by atoms with E-state index in [1.165, 1.54) is 6.92 Å². The minimum Gasteiger partial charge on any atom is -0.428 e. The molecule has 0 bridgehead atoms. The van der Waals surface area contributed by atoms with Crippen molar-refractivity contribution in [1.29, 1.82) is 0 Å². The van der Waals surface area contributed by atoms with Crippen LogP contribution in [0.3, 0.4) is 0 Å². The number of hydrogen-bond donors (Lipinski definition) is 0. The third-order valence-corrected chi connectivity index (χ3v) is 1.12. The second-order valence-corrected chi connectivity index (χ2v) is 2.22. The summed E-state index contributed by atoms with van der Waals surface area (Å²) >= 11 is 0. The minimum atomic E-state index is -0.473. The molecule has 0 heterocycles. The van der Waals surface area contributed by atoms with Crippen LogP contribution in [0.4, 0.5) is 0 Å². The van der Waals surface area contributed by atoms with Crippen molar-refractivity contribution >= 4 is 11.9 Å². The molecule has 0 aliphatic rings. The SMILES string of the molecule is C=C=CCCC(=O)OCOC(C)=O. The second kappa shape index (κ2) is 7.13. The fourth-order valence-corrected chi connectivity index (χ4v) is 0.542. The lowest BCUT2D eigenvalue weighted by molar-refractivity contribution is -0.165. The normalized spacial score (nSPS) is 8.38. The van der Waals surface area contributed by atoms with E-state index < -0.39 is 11.9 Å². The van der Waals surface area contributed by atoms with Gasteiger partial charge in [0.15, 0.2) is 0 Å². The Bertz CT molecular complexity index is 226. The van der Waals surface area contributed by atoms with E-state index in [1.807, 2.05) is 0 Å². The molecule has 13 heavy (non-hydrogen) atoms. The third-order valence-electron chi connectivity index (χ3n) is 1.12. The van der Waals surface area contributed by atoms with Crippen LogP contribution in [0.1, 0.15) is 19.8 Å². The standard InChI is InChI=1S/C9H12O4/c1-3-4-5-6-9(11)13-7-12-8(2)10/h4H,1,5-7H2,2H3. The van der Waals surface area contributed by atoms with Crippen molar-refractivity contribution in [2.24, 2.45) is 0 Å². The number of allylic oxidation sites excluding steroid dienone is 1. The van der Waals surface area contributed by atoms with Crippen LogP contribution in [0.25, 0.3) is 0 Å². The van der Waals surface area contributed by atoms with E-state index in [-0.39, 0.29) is 13.2 Å². The molecule has 0 aliphatic heterocycles. The maximum Gasteiger partial charge on any atom is 0.308 e. The molecule has 0 spiro atoms. The van der Waals surface area contributed by atoms with Gasteiger partial charge in [-0.1, -0.05) is 6.58 Å². The molecular weight excluding hydrogens is 172 g/mol. The van der Waals surface area contributed by atoms with Crippen LogP contribution < -0.4 is 0 Å². The zero-order chi connectivity index (χ0) is 10.1. The van der Waals surface area contributed by atoms with Crippen LogP contribution in [-0.4, -0.2) is 18.7 Å². The van der Waals surface area contributed by atoms with E-state index >= 15 is 0 Å². The first-order valence-corrected chi connectivity index (χ1v) is 3.80. The molecule has 4 nitrogen and oxygen atoms in total. The highest BCUT2D eigenvalue weighted by Gasteiger charge is 2.01. The van der Waals surface area contributed by atoms with Gasteiger partial charge in [0.1, 0.15) is 0 Å². The van der Waals surface area contributed by atoms with Crippen molar-refractivity contribution in [1.82, 2.24) is 0 Å². The van der Waals surface area contributed by atoms with E-state index in [0.29, 0.717) is 6.42 Å². The van der Waals surface area contributed by atoms with Gasteiger partial charge in [-0.05, 0) is 12.5 Å². The van der Waals surface area contributed by atoms with Crippen molar-refractivity contribution in [3.63, 3.8) is 0 Å². The van der Waals surface area contributed by atoms with Gasteiger partial charge in [-0.15, -0.1) is 5.73 Å². The fourth-order valence-electron chi connectivity index (χ4n) is 0.542. The first-order valence-electron chi connectivity index (χ1n) is 3.80. The molecule has 72 valence electrons. The summed E-state index contributed by atoms with van der Waals surface area (Å²) in [7, 11) is 0. The number of hydrogen-bond acceptors (Lipinski definition) is 4. The highest BCUT2D eigenvalue weighted by Crippen LogP contribution is 1.93. The first-order chi connectivity index (χ1) is 6.16. The van der Waals surface area contributed by atoms with E-state index in [9.17, 15) is 9.59 Å². The maximum atomic E-state index is 10.8. The fraction of sp³-hybridized carbons (Fsp3) is 0.444. The summed E-state index contributed by atoms with van der Waals surface area (Å²) in [6.07, 6.45) is 2.40. The van der Waals surface area contributed by atoms with Gasteiger partial charge in [0, 0.05) is 13.3 Å². The van der Waals surface area contributed by atoms with Gasteiger partial charge in [0.25, 0.3) is 0 Å². The largest absolute Gasteiger partial charge is 0.428 e. The van der Waals surface area contributed by atoms with E-state index in [2.05, 4.69) is 21.8 Å². The van der Waals surface area contributed by atoms with Crippen LogP contribution in [-0.2, 0) is 19.1 Å². The topological polar surface area (TPSA) is 52.6 Å². The lowest BCUT2D eigenvalue weighted by atomic mass is 10.3. The van der Waals surface area contributed by atoms with Crippen LogP contribution in [0.2, 0.25) is 0 Å². The van der Waals surface area contributed by atoms with Crippen molar-refractivity contribution in [2.75, 3.05) is 6.79 Å². The summed E-state index contributed by atoms with van der Waals surface area (Å²) in [5, 5.41) is 0. The first kappa shape index (κ1) is 11.5. The molecule has 0 rings (SSSR count). The predicted molar refractivity (Wildman–Crippen MR) is 45.7 cm³/mol. The Hall–Kier alpha value is -1.54. The van der Waals surface area contributed by atoms with Gasteiger partial charge >= 0.3 is 11.9 Å². The van der Waals surface area contributed by atoms with Gasteiger partial charge < -0.3 is 9.47 Å². The zero-order valence-corrected chi connectivity index (χ0v) is 7.54. The smallest absolute Gasteiger partial charge is 0.308 e. The van der Waals surface area contributed by atoms with Crippen molar-refractivity contribution in [3.05, 3.63) is 18.4 Å². The summed E-state index contributed by atoms with van der Waals surface area (Å²) < 4.78 is 8.95. The zero-order valence-electron chi connectivity index (χ0n) is 7.54. The monoisotopic (exact) mass is 184 g/mol. The Morgan fingerprint density at radius 3 is 2.69 bits per heavy atom. The molecular formula is C9H12O4. The molecule has 0 aromatic heterocycles. The Morgan fingerprint density at radius 1 is 1.46 bits per heavy atom. The molecule has 0 saturated heterocycles. The highest BCUT2D eigenvalue weighted by molar-refractivity contribution is 5.70. The molecule has 0 amide bonds. The summed E-state index contributed by atoms with van der Waals surface area (Å²) in [4.78, 5) is 21.1. The summed E-state index contributed by atoms with van der Waals surface area (Å²) in [5.41, 5.74) is 2.53. The van der Waals surface area contributed by atoms with Crippen molar-refractivity contribution in [2.45, 2.75) is 19.8 Å². The maximum absolute atomic E-state index is 10.8. The number of esters is 2. The van der Waals surface area contributed by atoms with Gasteiger partial charge in [-0.3, -0.25) is 9.59 Å². The van der Waals surface area contributed by atoms with Crippen LogP contribution in [0.15, 0.2) is 18.4 Å². The number of carbonyl (C=O) groups is 2. The molecule has 4 heteroatoms. The van der Waals surface area contributed by atoms with Gasteiger partial charge in [-0.2, -0.15) is 0 Å². The molecule has 0 atom stereocenters. The van der Waals surface area contributed by atoms with Crippen LogP contribution >= 0.6 is 0 Å². The second-order valence-electron chi connectivity index (χ2n) is 2.22. The lowest BCUT2D eigenvalue weighted by Crippen LogP contribution is -2.10. The Kier molecular flexibility index (Phi) is 6.28. The summed E-state index contributed by atoms with van der Waals surface area (Å²) in [6, 6.07) is 0. The third kappa shape index (κ3) is 8.37. The van der Waals surface area contributed by atoms with Gasteiger partial charge in [0.2, 0.25) is 6.79 Å². The van der Waals surface area contributed by atoms with E-state index in [0.717, 1.165) is 0 Å². The van der Waals surface area contributed by atoms with Gasteiger partial charge in [-0.25, -0.2) is 0 Å². The minimum absolute atomic E-state index is 0.240. The van der Waals surface area contributed by atoms with Gasteiger partial charge in [0.05, 0.1) is 0 Å². The molecule has 0 unspecified atom stereocenters. The Labute approximate surface area is 76.8 Å². The average molecular weight is 184 g/mol. The summed E-state index contributed by atoms with van der Waals surface area (Å²) in [6.45, 7) is 4.27. The molecule has 0 aromatic rings. The highest BCUT2D eigenvalue weighted by atomic mass is 16.7. The number of rotatable bonds is 5. The summed E-state index contributed by atoms with van der Waals surface area (Å²) in [5.74, 6) is -0.883. The van der Waals surface area contributed by atoms with Crippen LogP contribution in [0.5, 0.6) is 0 Å². The van der Waals surface area contributed by atoms with E-state index in [1.54, 1.807) is 6.08 Å². The number of carbonyl (C=O) groups excluding carboxylic acids is 2. The molecule has 0 aromatic carbocycles. The molecule has 0 saturated carbocycles. The van der Waals surface area contributed by atoms with Crippen LogP contribution in [0, 0.1) is 0 Å². The number of ether oxygens (including phenoxy) is 2. The molecule has 0 fully saturated rings. The molecule has 0 aliphatic carbocycles. The van der Waals surface area contributed by atoms with E-state index in [4.69, 9.17) is 0 Å².